The van der Waals surface area contributed by atoms with Gasteiger partial charge < -0.3 is 10.6 Å². The van der Waals surface area contributed by atoms with Gasteiger partial charge in [-0.05, 0) is 24.8 Å². The van der Waals surface area contributed by atoms with E-state index in [9.17, 15) is 4.79 Å². The van der Waals surface area contributed by atoms with Crippen molar-refractivity contribution in [1.82, 2.24) is 10.6 Å². The van der Waals surface area contributed by atoms with Gasteiger partial charge in [0, 0.05) is 13.1 Å². The standard InChI is InChI=1S/C11H18N2O/c1-2-8-12-11(14)13-9-10-6-4-3-5-7-10/h4,6-7H,2-3,5,8-9H2,1H3,(H2,12,13,14). The van der Waals surface area contributed by atoms with Crippen LogP contribution in [0, 0.1) is 0 Å². The quantitative estimate of drug-likeness (QED) is 0.706. The maximum absolute atomic E-state index is 11.2. The minimum absolute atomic E-state index is 0.0771. The fourth-order valence-corrected chi connectivity index (χ4v) is 1.28. The highest BCUT2D eigenvalue weighted by atomic mass is 16.2. The molecule has 14 heavy (non-hydrogen) atoms. The number of hydrogen-bond acceptors (Lipinski definition) is 1. The van der Waals surface area contributed by atoms with Gasteiger partial charge in [-0.2, -0.15) is 0 Å². The summed E-state index contributed by atoms with van der Waals surface area (Å²) in [6.07, 6.45) is 9.55. The predicted octanol–water partition coefficient (Wildman–Crippen LogP) is 1.97. The monoisotopic (exact) mass is 194 g/mol. The fourth-order valence-electron chi connectivity index (χ4n) is 1.28. The molecule has 2 amide bonds. The van der Waals surface area contributed by atoms with Crippen molar-refractivity contribution in [3.63, 3.8) is 0 Å². The maximum Gasteiger partial charge on any atom is 0.315 e. The molecule has 0 aromatic heterocycles. The van der Waals surface area contributed by atoms with Crippen LogP contribution in [0.1, 0.15) is 26.2 Å². The molecule has 0 bridgehead atoms. The van der Waals surface area contributed by atoms with Gasteiger partial charge in [-0.25, -0.2) is 4.79 Å². The van der Waals surface area contributed by atoms with Gasteiger partial charge in [0.15, 0.2) is 0 Å². The van der Waals surface area contributed by atoms with Crippen molar-refractivity contribution >= 4 is 6.03 Å². The van der Waals surface area contributed by atoms with Gasteiger partial charge in [-0.1, -0.05) is 25.2 Å². The molecule has 2 N–H and O–H groups in total. The summed E-state index contributed by atoms with van der Waals surface area (Å²) in [6, 6.07) is -0.0771. The summed E-state index contributed by atoms with van der Waals surface area (Å²) in [7, 11) is 0. The number of hydrogen-bond donors (Lipinski definition) is 2. The van der Waals surface area contributed by atoms with E-state index in [0.29, 0.717) is 6.54 Å². The molecule has 0 aromatic rings. The molecular weight excluding hydrogens is 176 g/mol. The lowest BCUT2D eigenvalue weighted by molar-refractivity contribution is 0.242. The lowest BCUT2D eigenvalue weighted by atomic mass is 10.1. The minimum Gasteiger partial charge on any atom is -0.338 e. The molecule has 0 aromatic carbocycles. The number of urea groups is 1. The average Bonchev–Trinajstić information content (AvgIpc) is 2.25. The zero-order valence-electron chi connectivity index (χ0n) is 8.68. The van der Waals surface area contributed by atoms with E-state index in [4.69, 9.17) is 0 Å². The largest absolute Gasteiger partial charge is 0.338 e. The third-order valence-corrected chi connectivity index (χ3v) is 2.06. The number of allylic oxidation sites excluding steroid dienone is 2. The highest BCUT2D eigenvalue weighted by Gasteiger charge is 2.00. The highest BCUT2D eigenvalue weighted by Crippen LogP contribution is 2.07. The van der Waals surface area contributed by atoms with Gasteiger partial charge in [-0.3, -0.25) is 0 Å². The molecule has 78 valence electrons. The van der Waals surface area contributed by atoms with Crippen LogP contribution < -0.4 is 10.6 Å². The summed E-state index contributed by atoms with van der Waals surface area (Å²) in [5.41, 5.74) is 1.20. The molecule has 1 aliphatic rings. The van der Waals surface area contributed by atoms with Crippen LogP contribution in [0.25, 0.3) is 0 Å². The van der Waals surface area contributed by atoms with Crippen molar-refractivity contribution in [3.8, 4) is 0 Å². The SMILES string of the molecule is CCCNC(=O)NCC1=CCCC=C1. The molecule has 0 saturated heterocycles. The Labute approximate surface area is 85.3 Å². The Balaban J connectivity index is 2.16. The van der Waals surface area contributed by atoms with Crippen molar-refractivity contribution in [2.45, 2.75) is 26.2 Å². The normalized spacial score (nSPS) is 14.8. The van der Waals surface area contributed by atoms with E-state index in [-0.39, 0.29) is 6.03 Å². The molecule has 1 aliphatic carbocycles. The summed E-state index contributed by atoms with van der Waals surface area (Å²) in [6.45, 7) is 3.40. The van der Waals surface area contributed by atoms with Crippen LogP contribution in [0.5, 0.6) is 0 Å². The molecule has 0 spiro atoms. The van der Waals surface area contributed by atoms with Crippen LogP contribution in [-0.4, -0.2) is 19.1 Å². The van der Waals surface area contributed by atoms with Crippen molar-refractivity contribution < 1.29 is 4.79 Å². The molecular formula is C11H18N2O. The molecule has 0 saturated carbocycles. The second-order valence-electron chi connectivity index (χ2n) is 3.37. The van der Waals surface area contributed by atoms with Gasteiger partial charge in [0.25, 0.3) is 0 Å². The van der Waals surface area contributed by atoms with E-state index < -0.39 is 0 Å². The third kappa shape index (κ3) is 4.12. The number of carbonyl (C=O) groups is 1. The minimum atomic E-state index is -0.0771. The Morgan fingerprint density at radius 3 is 2.93 bits per heavy atom. The Morgan fingerprint density at radius 1 is 1.43 bits per heavy atom. The van der Waals surface area contributed by atoms with Crippen LogP contribution in [-0.2, 0) is 0 Å². The van der Waals surface area contributed by atoms with Crippen LogP contribution >= 0.6 is 0 Å². The Hall–Kier alpha value is -1.25. The van der Waals surface area contributed by atoms with Crippen molar-refractivity contribution in [3.05, 3.63) is 23.8 Å². The molecule has 3 heteroatoms. The first-order chi connectivity index (χ1) is 6.83. The molecule has 1 rings (SSSR count). The topological polar surface area (TPSA) is 41.1 Å². The predicted molar refractivity (Wildman–Crippen MR) is 58.1 cm³/mol. The van der Waals surface area contributed by atoms with Crippen LogP contribution in [0.3, 0.4) is 0 Å². The zero-order chi connectivity index (χ0) is 10.2. The van der Waals surface area contributed by atoms with E-state index in [1.165, 1.54) is 5.57 Å². The molecule has 3 nitrogen and oxygen atoms in total. The molecule has 0 heterocycles. The summed E-state index contributed by atoms with van der Waals surface area (Å²) in [4.78, 5) is 11.2. The smallest absolute Gasteiger partial charge is 0.315 e. The van der Waals surface area contributed by atoms with Crippen LogP contribution in [0.15, 0.2) is 23.8 Å². The fraction of sp³-hybridized carbons (Fsp3) is 0.545. The number of carbonyl (C=O) groups excluding carboxylic acids is 1. The maximum atomic E-state index is 11.2. The molecule has 0 fully saturated rings. The van der Waals surface area contributed by atoms with E-state index in [1.807, 2.05) is 6.92 Å². The van der Waals surface area contributed by atoms with E-state index in [0.717, 1.165) is 25.8 Å². The van der Waals surface area contributed by atoms with Crippen molar-refractivity contribution in [2.75, 3.05) is 13.1 Å². The van der Waals surface area contributed by atoms with Crippen molar-refractivity contribution in [1.29, 1.82) is 0 Å². The first-order valence-corrected chi connectivity index (χ1v) is 5.20. The molecule has 0 aliphatic heterocycles. The lowest BCUT2D eigenvalue weighted by Gasteiger charge is -2.09. The summed E-state index contributed by atoms with van der Waals surface area (Å²) in [5, 5.41) is 5.59. The van der Waals surface area contributed by atoms with Gasteiger partial charge in [-0.15, -0.1) is 0 Å². The molecule has 0 unspecified atom stereocenters. The van der Waals surface area contributed by atoms with Gasteiger partial charge in [0.1, 0.15) is 0 Å². The van der Waals surface area contributed by atoms with E-state index in [1.54, 1.807) is 0 Å². The lowest BCUT2D eigenvalue weighted by Crippen LogP contribution is -2.36. The second-order valence-corrected chi connectivity index (χ2v) is 3.37. The summed E-state index contributed by atoms with van der Waals surface area (Å²) in [5.74, 6) is 0. The summed E-state index contributed by atoms with van der Waals surface area (Å²) < 4.78 is 0. The number of rotatable bonds is 4. The Kier molecular flexibility index (Phi) is 4.83. The third-order valence-electron chi connectivity index (χ3n) is 2.06. The first-order valence-electron chi connectivity index (χ1n) is 5.20. The Bertz CT molecular complexity index is 244. The number of amides is 2. The number of nitrogens with one attached hydrogen (secondary N) is 2. The average molecular weight is 194 g/mol. The second kappa shape index (κ2) is 6.24. The van der Waals surface area contributed by atoms with Gasteiger partial charge in [0.2, 0.25) is 0 Å². The van der Waals surface area contributed by atoms with Gasteiger partial charge >= 0.3 is 6.03 Å². The highest BCUT2D eigenvalue weighted by molar-refractivity contribution is 5.74. The van der Waals surface area contributed by atoms with Crippen LogP contribution in [0.2, 0.25) is 0 Å². The summed E-state index contributed by atoms with van der Waals surface area (Å²) >= 11 is 0. The Morgan fingerprint density at radius 2 is 2.29 bits per heavy atom. The van der Waals surface area contributed by atoms with Gasteiger partial charge in [0.05, 0.1) is 0 Å². The van der Waals surface area contributed by atoms with Crippen LogP contribution in [0.4, 0.5) is 4.79 Å². The zero-order valence-corrected chi connectivity index (χ0v) is 8.68. The molecule has 0 atom stereocenters. The van der Waals surface area contributed by atoms with Crippen molar-refractivity contribution in [2.24, 2.45) is 0 Å². The van der Waals surface area contributed by atoms with E-state index in [2.05, 4.69) is 28.9 Å². The molecule has 0 radical (unpaired) electrons. The van der Waals surface area contributed by atoms with E-state index >= 15 is 0 Å². The first kappa shape index (κ1) is 10.8.